The third-order valence-electron chi connectivity index (χ3n) is 4.70. The van der Waals surface area contributed by atoms with Crippen molar-refractivity contribution in [1.29, 1.82) is 0 Å². The lowest BCUT2D eigenvalue weighted by atomic mass is 10.1. The van der Waals surface area contributed by atoms with E-state index in [9.17, 15) is 18.0 Å². The fraction of sp³-hybridized carbons (Fsp3) is 0.391. The maximum Gasteiger partial charge on any atom is 0.253 e. The van der Waals surface area contributed by atoms with Gasteiger partial charge in [0.15, 0.2) is 0 Å². The van der Waals surface area contributed by atoms with Crippen LogP contribution in [0, 0.1) is 13.8 Å². The fourth-order valence-corrected chi connectivity index (χ4v) is 4.28. The number of benzene rings is 2. The van der Waals surface area contributed by atoms with Gasteiger partial charge in [0, 0.05) is 26.6 Å². The van der Waals surface area contributed by atoms with Crippen molar-refractivity contribution in [2.24, 2.45) is 0 Å². The number of carbonyl (C=O) groups is 2. The number of hydrogen-bond donors (Lipinski definition) is 2. The maximum absolute atomic E-state index is 12.5. The zero-order chi connectivity index (χ0) is 23.7. The van der Waals surface area contributed by atoms with Crippen LogP contribution in [0.15, 0.2) is 42.5 Å². The highest BCUT2D eigenvalue weighted by Crippen LogP contribution is 2.22. The Morgan fingerprint density at radius 2 is 1.72 bits per heavy atom. The number of amides is 2. The van der Waals surface area contributed by atoms with Crippen molar-refractivity contribution >= 4 is 33.2 Å². The van der Waals surface area contributed by atoms with E-state index in [0.717, 1.165) is 17.4 Å². The van der Waals surface area contributed by atoms with Gasteiger partial charge in [-0.3, -0.25) is 13.9 Å². The van der Waals surface area contributed by atoms with E-state index in [2.05, 4.69) is 10.6 Å². The SMILES string of the molecule is COCCNC(=O)c1ccccc1NC(=O)CCCN(c1cc(C)cc(C)c1)S(C)(=O)=O. The summed E-state index contributed by atoms with van der Waals surface area (Å²) in [6.45, 7) is 4.74. The number of anilines is 2. The first-order valence-electron chi connectivity index (χ1n) is 10.3. The van der Waals surface area contributed by atoms with Crippen molar-refractivity contribution in [3.8, 4) is 0 Å². The molecule has 0 aliphatic heterocycles. The number of sulfonamides is 1. The standard InChI is InChI=1S/C23H31N3O5S/c1-17-14-18(2)16-19(15-17)26(32(4,29)30)12-7-10-22(27)25-21-9-6-5-8-20(21)23(28)24-11-13-31-3/h5-6,8-9,14-16H,7,10-13H2,1-4H3,(H,24,28)(H,25,27). The van der Waals surface area contributed by atoms with Gasteiger partial charge in [-0.1, -0.05) is 18.2 Å². The second-order valence-electron chi connectivity index (χ2n) is 7.63. The molecule has 174 valence electrons. The van der Waals surface area contributed by atoms with Gasteiger partial charge >= 0.3 is 0 Å². The van der Waals surface area contributed by atoms with Crippen LogP contribution in [0.4, 0.5) is 11.4 Å². The van der Waals surface area contributed by atoms with E-state index in [4.69, 9.17) is 4.74 Å². The topological polar surface area (TPSA) is 105 Å². The molecule has 0 saturated carbocycles. The van der Waals surface area contributed by atoms with Crippen LogP contribution >= 0.6 is 0 Å². The molecule has 0 unspecified atom stereocenters. The predicted octanol–water partition coefficient (Wildman–Crippen LogP) is 2.86. The van der Waals surface area contributed by atoms with Crippen molar-refractivity contribution in [1.82, 2.24) is 5.32 Å². The highest BCUT2D eigenvalue weighted by Gasteiger charge is 2.19. The molecule has 0 spiro atoms. The molecule has 2 amide bonds. The van der Waals surface area contributed by atoms with Crippen LogP contribution in [0.25, 0.3) is 0 Å². The summed E-state index contributed by atoms with van der Waals surface area (Å²) in [6, 6.07) is 12.3. The van der Waals surface area contributed by atoms with Crippen LogP contribution in [-0.4, -0.2) is 53.3 Å². The van der Waals surface area contributed by atoms with Crippen molar-refractivity contribution in [3.63, 3.8) is 0 Å². The summed E-state index contributed by atoms with van der Waals surface area (Å²) in [5, 5.41) is 5.48. The van der Waals surface area contributed by atoms with Gasteiger partial charge in [-0.25, -0.2) is 8.42 Å². The monoisotopic (exact) mass is 461 g/mol. The van der Waals surface area contributed by atoms with Gasteiger partial charge < -0.3 is 15.4 Å². The largest absolute Gasteiger partial charge is 0.383 e. The normalized spacial score (nSPS) is 11.1. The molecule has 8 nitrogen and oxygen atoms in total. The lowest BCUT2D eigenvalue weighted by Crippen LogP contribution is -2.31. The van der Waals surface area contributed by atoms with E-state index in [1.165, 1.54) is 4.31 Å². The van der Waals surface area contributed by atoms with Gasteiger partial charge in [-0.2, -0.15) is 0 Å². The number of carbonyl (C=O) groups excluding carboxylic acids is 2. The van der Waals surface area contributed by atoms with E-state index in [1.807, 2.05) is 32.0 Å². The van der Waals surface area contributed by atoms with Crippen molar-refractivity contribution < 1.29 is 22.7 Å². The first-order chi connectivity index (χ1) is 15.1. The number of para-hydroxylation sites is 1. The van der Waals surface area contributed by atoms with Crippen LogP contribution in [0.1, 0.15) is 34.3 Å². The molecule has 0 bridgehead atoms. The Labute approximate surface area is 190 Å². The van der Waals surface area contributed by atoms with Crippen molar-refractivity contribution in [2.75, 3.05) is 42.7 Å². The minimum atomic E-state index is -3.50. The second kappa shape index (κ2) is 11.6. The molecule has 0 aromatic heterocycles. The molecule has 0 radical (unpaired) electrons. The molecule has 2 aromatic rings. The number of nitrogens with one attached hydrogen (secondary N) is 2. The number of methoxy groups -OCH3 is 1. The summed E-state index contributed by atoms with van der Waals surface area (Å²) in [7, 11) is -1.95. The summed E-state index contributed by atoms with van der Waals surface area (Å²) >= 11 is 0. The molecule has 0 saturated heterocycles. The summed E-state index contributed by atoms with van der Waals surface area (Å²) in [5.74, 6) is -0.605. The van der Waals surface area contributed by atoms with Gasteiger partial charge in [0.2, 0.25) is 15.9 Å². The Bertz CT molecular complexity index is 1030. The van der Waals surface area contributed by atoms with E-state index >= 15 is 0 Å². The zero-order valence-corrected chi connectivity index (χ0v) is 19.8. The third kappa shape index (κ3) is 7.65. The molecule has 0 aliphatic rings. The average molecular weight is 462 g/mol. The highest BCUT2D eigenvalue weighted by atomic mass is 32.2. The molecule has 2 rings (SSSR count). The number of hydrogen-bond acceptors (Lipinski definition) is 5. The Kier molecular flexibility index (Phi) is 9.22. The molecule has 2 N–H and O–H groups in total. The maximum atomic E-state index is 12.5. The van der Waals surface area contributed by atoms with E-state index in [0.29, 0.717) is 36.5 Å². The number of ether oxygens (including phenoxy) is 1. The van der Waals surface area contributed by atoms with Crippen LogP contribution < -0.4 is 14.9 Å². The molecule has 9 heteroatoms. The highest BCUT2D eigenvalue weighted by molar-refractivity contribution is 7.92. The fourth-order valence-electron chi connectivity index (χ4n) is 3.33. The van der Waals surface area contributed by atoms with E-state index in [1.54, 1.807) is 31.4 Å². The van der Waals surface area contributed by atoms with Crippen molar-refractivity contribution in [2.45, 2.75) is 26.7 Å². The molecule has 0 atom stereocenters. The number of aryl methyl sites for hydroxylation is 2. The number of rotatable bonds is 11. The molecule has 2 aromatic carbocycles. The molecular weight excluding hydrogens is 430 g/mol. The molecule has 0 fully saturated rings. The summed E-state index contributed by atoms with van der Waals surface area (Å²) in [5.41, 5.74) is 3.27. The first-order valence-corrected chi connectivity index (χ1v) is 12.2. The molecule has 0 heterocycles. The quantitative estimate of drug-likeness (QED) is 0.501. The third-order valence-corrected chi connectivity index (χ3v) is 5.89. The van der Waals surface area contributed by atoms with Crippen LogP contribution in [0.2, 0.25) is 0 Å². The Hall–Kier alpha value is -2.91. The zero-order valence-electron chi connectivity index (χ0n) is 19.0. The minimum Gasteiger partial charge on any atom is -0.383 e. The summed E-state index contributed by atoms with van der Waals surface area (Å²) in [6.07, 6.45) is 1.59. The van der Waals surface area contributed by atoms with Gasteiger partial charge in [-0.15, -0.1) is 0 Å². The van der Waals surface area contributed by atoms with Gasteiger partial charge in [-0.05, 0) is 55.7 Å². The molecular formula is C23H31N3O5S. The lowest BCUT2D eigenvalue weighted by molar-refractivity contribution is -0.116. The van der Waals surface area contributed by atoms with E-state index in [-0.39, 0.29) is 24.8 Å². The summed E-state index contributed by atoms with van der Waals surface area (Å²) < 4.78 is 30.9. The summed E-state index contributed by atoms with van der Waals surface area (Å²) in [4.78, 5) is 24.8. The average Bonchev–Trinajstić information content (AvgIpc) is 2.70. The molecule has 32 heavy (non-hydrogen) atoms. The lowest BCUT2D eigenvalue weighted by Gasteiger charge is -2.23. The van der Waals surface area contributed by atoms with Gasteiger partial charge in [0.05, 0.1) is 29.8 Å². The second-order valence-corrected chi connectivity index (χ2v) is 9.53. The van der Waals surface area contributed by atoms with Gasteiger partial charge in [0.25, 0.3) is 5.91 Å². The Balaban J connectivity index is 2.01. The smallest absolute Gasteiger partial charge is 0.253 e. The predicted molar refractivity (Wildman–Crippen MR) is 127 cm³/mol. The first kappa shape index (κ1) is 25.4. The van der Waals surface area contributed by atoms with E-state index < -0.39 is 10.0 Å². The van der Waals surface area contributed by atoms with Crippen LogP contribution in [0.5, 0.6) is 0 Å². The molecule has 0 aliphatic carbocycles. The van der Waals surface area contributed by atoms with Gasteiger partial charge in [0.1, 0.15) is 0 Å². The van der Waals surface area contributed by atoms with Crippen LogP contribution in [0.3, 0.4) is 0 Å². The Morgan fingerprint density at radius 1 is 1.06 bits per heavy atom. The van der Waals surface area contributed by atoms with Crippen molar-refractivity contribution in [3.05, 3.63) is 59.2 Å². The number of nitrogens with zero attached hydrogens (tertiary/aromatic N) is 1. The van der Waals surface area contributed by atoms with Crippen LogP contribution in [-0.2, 0) is 19.6 Å². The minimum absolute atomic E-state index is 0.108. The Morgan fingerprint density at radius 3 is 2.34 bits per heavy atom.